The van der Waals surface area contributed by atoms with E-state index in [4.69, 9.17) is 0 Å². The molecule has 7 heteroatoms. The van der Waals surface area contributed by atoms with Gasteiger partial charge >= 0.3 is 0 Å². The molecule has 6 nitrogen and oxygen atoms in total. The van der Waals surface area contributed by atoms with Gasteiger partial charge in [0.25, 0.3) is 11.8 Å². The molecule has 0 aromatic heterocycles. The largest absolute Gasteiger partial charge is 0.351 e. The summed E-state index contributed by atoms with van der Waals surface area (Å²) in [5.74, 6) is -3.85. The minimum absolute atomic E-state index is 0.0858. The predicted octanol–water partition coefficient (Wildman–Crippen LogP) is 0.909. The van der Waals surface area contributed by atoms with Crippen LogP contribution in [0.4, 0.5) is 4.39 Å². The van der Waals surface area contributed by atoms with Crippen molar-refractivity contribution < 1.29 is 18.8 Å². The van der Waals surface area contributed by atoms with Crippen LogP contribution in [0.15, 0.2) is 53.7 Å². The van der Waals surface area contributed by atoms with Crippen LogP contribution in [0.2, 0.25) is 0 Å². The monoisotopic (exact) mass is 313 g/mol. The molecule has 0 saturated heterocycles. The quantitative estimate of drug-likeness (QED) is 0.842. The molecule has 2 aliphatic heterocycles. The number of nitrogens with one attached hydrogen (secondary N) is 1. The van der Waals surface area contributed by atoms with Gasteiger partial charge < -0.3 is 5.32 Å². The summed E-state index contributed by atoms with van der Waals surface area (Å²) in [5, 5.41) is 2.50. The van der Waals surface area contributed by atoms with Gasteiger partial charge in [-0.3, -0.25) is 19.3 Å². The molecule has 2 heterocycles. The number of amides is 3. The molecule has 0 radical (unpaired) electrons. The number of nitrogens with zero attached hydrogens (tertiary/aromatic N) is 2. The molecule has 0 aliphatic carbocycles. The van der Waals surface area contributed by atoms with Crippen molar-refractivity contribution in [3.8, 4) is 0 Å². The lowest BCUT2D eigenvalue weighted by atomic mass is 10.0. The van der Waals surface area contributed by atoms with E-state index in [1.54, 1.807) is 12.2 Å². The van der Waals surface area contributed by atoms with E-state index in [0.29, 0.717) is 5.56 Å². The Morgan fingerprint density at radius 2 is 1.96 bits per heavy atom. The first kappa shape index (κ1) is 14.8. The number of amidine groups is 1. The van der Waals surface area contributed by atoms with Gasteiger partial charge in [-0.1, -0.05) is 18.2 Å². The summed E-state index contributed by atoms with van der Waals surface area (Å²) in [6.45, 7) is 0.0858. The maximum Gasteiger partial charge on any atom is 0.269 e. The van der Waals surface area contributed by atoms with Gasteiger partial charge in [0.05, 0.1) is 0 Å². The van der Waals surface area contributed by atoms with E-state index in [1.807, 2.05) is 0 Å². The Morgan fingerprint density at radius 3 is 2.70 bits per heavy atom. The zero-order chi connectivity index (χ0) is 16.4. The maximum atomic E-state index is 12.8. The maximum absolute atomic E-state index is 12.8. The highest BCUT2D eigenvalue weighted by Gasteiger charge is 2.41. The number of rotatable bonds is 3. The van der Waals surface area contributed by atoms with E-state index in [2.05, 4.69) is 10.3 Å². The molecule has 1 atom stereocenters. The molecule has 0 saturated carbocycles. The fraction of sp³-hybridized carbons (Fsp3) is 0.125. The molecule has 0 bridgehead atoms. The minimum Gasteiger partial charge on any atom is -0.351 e. The highest BCUT2D eigenvalue weighted by Crippen LogP contribution is 2.17. The second-order valence-electron chi connectivity index (χ2n) is 4.99. The first-order valence-corrected chi connectivity index (χ1v) is 6.89. The molecule has 1 N–H and O–H groups in total. The molecular formula is C16H12FN3O3. The van der Waals surface area contributed by atoms with Crippen LogP contribution < -0.4 is 5.32 Å². The minimum atomic E-state index is -1.50. The molecule has 2 aliphatic rings. The number of allylic oxidation sites excluding steroid dienone is 2. The number of carbonyl (C=O) groups is 3. The van der Waals surface area contributed by atoms with Crippen LogP contribution in [0, 0.1) is 11.7 Å². The van der Waals surface area contributed by atoms with Crippen molar-refractivity contribution in [2.45, 2.75) is 6.54 Å². The summed E-state index contributed by atoms with van der Waals surface area (Å²) in [4.78, 5) is 41.3. The zero-order valence-electron chi connectivity index (χ0n) is 11.9. The molecular weight excluding hydrogens is 301 g/mol. The Labute approximate surface area is 131 Å². The van der Waals surface area contributed by atoms with Gasteiger partial charge in [0.2, 0.25) is 5.91 Å². The normalized spacial score (nSPS) is 19.4. The van der Waals surface area contributed by atoms with E-state index in [1.165, 1.54) is 41.4 Å². The van der Waals surface area contributed by atoms with Crippen LogP contribution in [0.3, 0.4) is 0 Å². The van der Waals surface area contributed by atoms with Gasteiger partial charge in [-0.15, -0.1) is 0 Å². The molecule has 3 rings (SSSR count). The van der Waals surface area contributed by atoms with Crippen LogP contribution in [0.25, 0.3) is 0 Å². The summed E-state index contributed by atoms with van der Waals surface area (Å²) in [7, 11) is 0. The van der Waals surface area contributed by atoms with Crippen molar-refractivity contribution in [2.24, 2.45) is 10.9 Å². The topological polar surface area (TPSA) is 78.8 Å². The summed E-state index contributed by atoms with van der Waals surface area (Å²) in [5.41, 5.74) is 0.653. The second kappa shape index (κ2) is 5.96. The van der Waals surface area contributed by atoms with Gasteiger partial charge in [0.15, 0.2) is 5.92 Å². The van der Waals surface area contributed by atoms with Crippen molar-refractivity contribution in [3.63, 3.8) is 0 Å². The van der Waals surface area contributed by atoms with Gasteiger partial charge in [0.1, 0.15) is 11.7 Å². The lowest BCUT2D eigenvalue weighted by Crippen LogP contribution is -2.50. The number of benzene rings is 1. The van der Waals surface area contributed by atoms with Crippen molar-refractivity contribution >= 4 is 23.6 Å². The third-order valence-electron chi connectivity index (χ3n) is 3.44. The molecule has 23 heavy (non-hydrogen) atoms. The highest BCUT2D eigenvalue weighted by atomic mass is 19.1. The third-order valence-corrected chi connectivity index (χ3v) is 3.44. The van der Waals surface area contributed by atoms with E-state index < -0.39 is 23.6 Å². The summed E-state index contributed by atoms with van der Waals surface area (Å²) < 4.78 is 12.8. The smallest absolute Gasteiger partial charge is 0.269 e. The van der Waals surface area contributed by atoms with E-state index in [-0.39, 0.29) is 18.2 Å². The van der Waals surface area contributed by atoms with Crippen molar-refractivity contribution in [3.05, 3.63) is 60.1 Å². The van der Waals surface area contributed by atoms with Crippen LogP contribution in [0.1, 0.15) is 5.56 Å². The molecule has 0 fully saturated rings. The predicted molar refractivity (Wildman–Crippen MR) is 79.3 cm³/mol. The number of halogens is 1. The molecule has 0 spiro atoms. The first-order chi connectivity index (χ1) is 11.1. The van der Waals surface area contributed by atoms with Gasteiger partial charge in [-0.25, -0.2) is 4.39 Å². The number of hydrogen-bond acceptors (Lipinski definition) is 3. The van der Waals surface area contributed by atoms with Gasteiger partial charge in [-0.2, -0.15) is 4.99 Å². The van der Waals surface area contributed by atoms with Crippen LogP contribution >= 0.6 is 0 Å². The molecule has 1 aromatic carbocycles. The number of hydrogen-bond donors (Lipinski definition) is 1. The zero-order valence-corrected chi connectivity index (χ0v) is 11.9. The van der Waals surface area contributed by atoms with E-state index in [0.717, 1.165) is 0 Å². The Kier molecular flexibility index (Phi) is 3.84. The highest BCUT2D eigenvalue weighted by molar-refractivity contribution is 6.27. The van der Waals surface area contributed by atoms with Crippen molar-refractivity contribution in [1.29, 1.82) is 0 Å². The summed E-state index contributed by atoms with van der Waals surface area (Å²) >= 11 is 0. The third kappa shape index (κ3) is 2.94. The Hall–Kier alpha value is -3.09. The van der Waals surface area contributed by atoms with Crippen LogP contribution in [-0.2, 0) is 20.9 Å². The second-order valence-corrected chi connectivity index (χ2v) is 4.99. The molecule has 3 amide bonds. The standard InChI is InChI=1S/C16H12FN3O3/c17-11-6-4-10(5-7-11)9-18-14(21)13-15(22)19-12-3-1-2-8-20(12)16(13)23/h1-8,13H,9H2,(H,18,21). The Bertz CT molecular complexity index is 765. The fourth-order valence-corrected chi connectivity index (χ4v) is 2.25. The lowest BCUT2D eigenvalue weighted by Gasteiger charge is -2.27. The van der Waals surface area contributed by atoms with Gasteiger partial charge in [-0.05, 0) is 29.8 Å². The Morgan fingerprint density at radius 1 is 1.22 bits per heavy atom. The van der Waals surface area contributed by atoms with Crippen LogP contribution in [-0.4, -0.2) is 28.5 Å². The summed E-state index contributed by atoms with van der Waals surface area (Å²) in [6, 6.07) is 5.54. The van der Waals surface area contributed by atoms with Crippen LogP contribution in [0.5, 0.6) is 0 Å². The molecule has 116 valence electrons. The Balaban J connectivity index is 1.72. The average Bonchev–Trinajstić information content (AvgIpc) is 2.54. The molecule has 1 unspecified atom stereocenters. The van der Waals surface area contributed by atoms with Gasteiger partial charge in [0, 0.05) is 12.7 Å². The fourth-order valence-electron chi connectivity index (χ4n) is 2.25. The SMILES string of the molecule is O=C1N=C2C=CC=CN2C(=O)C1C(=O)NCc1ccc(F)cc1. The summed E-state index contributed by atoms with van der Waals surface area (Å²) in [6.07, 6.45) is 6.22. The van der Waals surface area contributed by atoms with E-state index >= 15 is 0 Å². The van der Waals surface area contributed by atoms with E-state index in [9.17, 15) is 18.8 Å². The van der Waals surface area contributed by atoms with Crippen molar-refractivity contribution in [1.82, 2.24) is 10.2 Å². The average molecular weight is 313 g/mol. The number of carbonyl (C=O) groups excluding carboxylic acids is 3. The van der Waals surface area contributed by atoms with Crippen molar-refractivity contribution in [2.75, 3.05) is 0 Å². The first-order valence-electron chi connectivity index (χ1n) is 6.89. The molecule has 1 aromatic rings. The lowest BCUT2D eigenvalue weighted by molar-refractivity contribution is -0.144. The number of aliphatic imine (C=N–C) groups is 1. The number of fused-ring (bicyclic) bond motifs is 1.